The fraction of sp³-hybridized carbons (Fsp3) is 0.143. The molecule has 0 aliphatic heterocycles. The van der Waals surface area contributed by atoms with E-state index in [4.69, 9.17) is 11.6 Å². The predicted molar refractivity (Wildman–Crippen MR) is 76.7 cm³/mol. The van der Waals surface area contributed by atoms with E-state index in [2.05, 4.69) is 5.32 Å². The van der Waals surface area contributed by atoms with Crippen molar-refractivity contribution in [3.05, 3.63) is 69.2 Å². The molecule has 0 atom stereocenters. The van der Waals surface area contributed by atoms with Gasteiger partial charge < -0.3 is 5.32 Å². The van der Waals surface area contributed by atoms with Crippen LogP contribution in [0.15, 0.2) is 48.5 Å². The Labute approximate surface area is 116 Å². The van der Waals surface area contributed by atoms with Crippen LogP contribution in [0.25, 0.3) is 0 Å². The maximum atomic E-state index is 10.8. The van der Waals surface area contributed by atoms with Crippen LogP contribution in [-0.4, -0.2) is 11.5 Å². The minimum atomic E-state index is -0.481. The Morgan fingerprint density at radius 3 is 2.58 bits per heavy atom. The molecule has 0 bridgehead atoms. The predicted octanol–water partition coefficient (Wildman–Crippen LogP) is 3.90. The van der Waals surface area contributed by atoms with Gasteiger partial charge in [0.2, 0.25) is 0 Å². The SMILES string of the molecule is O=[N+]([O-])c1cc(NCCc2ccccc2)ccc1Cl. The summed E-state index contributed by atoms with van der Waals surface area (Å²) in [5.74, 6) is 0. The third-order valence-corrected chi connectivity index (χ3v) is 3.05. The second-order valence-corrected chi connectivity index (χ2v) is 4.49. The molecule has 0 amide bonds. The van der Waals surface area contributed by atoms with Crippen molar-refractivity contribution < 1.29 is 4.92 Å². The minimum absolute atomic E-state index is 0.0774. The summed E-state index contributed by atoms with van der Waals surface area (Å²) < 4.78 is 0. The van der Waals surface area contributed by atoms with Gasteiger partial charge in [-0.3, -0.25) is 10.1 Å². The second-order valence-electron chi connectivity index (χ2n) is 4.09. The topological polar surface area (TPSA) is 55.2 Å². The first-order valence-electron chi connectivity index (χ1n) is 5.88. The number of nitrogens with one attached hydrogen (secondary N) is 1. The number of anilines is 1. The summed E-state index contributed by atoms with van der Waals surface area (Å²) in [6.45, 7) is 0.711. The largest absolute Gasteiger partial charge is 0.385 e. The van der Waals surface area contributed by atoms with Gasteiger partial charge in [0.1, 0.15) is 5.02 Å². The molecule has 2 aromatic rings. The first-order chi connectivity index (χ1) is 9.16. The number of hydrogen-bond acceptors (Lipinski definition) is 3. The highest BCUT2D eigenvalue weighted by molar-refractivity contribution is 6.32. The third kappa shape index (κ3) is 3.69. The number of nitro benzene ring substituents is 1. The zero-order valence-corrected chi connectivity index (χ0v) is 10.9. The van der Waals surface area contributed by atoms with E-state index < -0.39 is 4.92 Å². The van der Waals surface area contributed by atoms with Crippen LogP contribution < -0.4 is 5.32 Å². The van der Waals surface area contributed by atoms with E-state index >= 15 is 0 Å². The van der Waals surface area contributed by atoms with Crippen LogP contribution in [0.5, 0.6) is 0 Å². The van der Waals surface area contributed by atoms with E-state index in [0.29, 0.717) is 12.2 Å². The quantitative estimate of drug-likeness (QED) is 0.665. The molecule has 0 heterocycles. The van der Waals surface area contributed by atoms with Crippen LogP contribution in [0.1, 0.15) is 5.56 Å². The third-order valence-electron chi connectivity index (χ3n) is 2.73. The Kier molecular flexibility index (Phi) is 4.36. The molecule has 0 fully saturated rings. The Morgan fingerprint density at radius 1 is 1.16 bits per heavy atom. The van der Waals surface area contributed by atoms with Crippen LogP contribution in [0.4, 0.5) is 11.4 Å². The number of nitro groups is 1. The lowest BCUT2D eigenvalue weighted by Gasteiger charge is -2.06. The molecule has 98 valence electrons. The molecule has 0 aliphatic rings. The first kappa shape index (κ1) is 13.4. The van der Waals surface area contributed by atoms with Crippen molar-refractivity contribution in [2.24, 2.45) is 0 Å². The summed E-state index contributed by atoms with van der Waals surface area (Å²) in [5.41, 5.74) is 1.84. The summed E-state index contributed by atoms with van der Waals surface area (Å²) in [4.78, 5) is 10.3. The van der Waals surface area contributed by atoms with Crippen molar-refractivity contribution in [1.29, 1.82) is 0 Å². The smallest absolute Gasteiger partial charge is 0.289 e. The number of halogens is 1. The van der Waals surface area contributed by atoms with Crippen molar-refractivity contribution >= 4 is 23.0 Å². The molecule has 1 N–H and O–H groups in total. The second kappa shape index (κ2) is 6.20. The number of hydrogen-bond donors (Lipinski definition) is 1. The Balaban J connectivity index is 1.97. The maximum Gasteiger partial charge on any atom is 0.289 e. The highest BCUT2D eigenvalue weighted by Gasteiger charge is 2.12. The Bertz CT molecular complexity index is 573. The van der Waals surface area contributed by atoms with E-state index in [1.54, 1.807) is 6.07 Å². The Morgan fingerprint density at radius 2 is 1.89 bits per heavy atom. The van der Waals surface area contributed by atoms with Gasteiger partial charge in [-0.25, -0.2) is 0 Å². The molecule has 0 saturated carbocycles. The lowest BCUT2D eigenvalue weighted by Crippen LogP contribution is -2.05. The average Bonchev–Trinajstić information content (AvgIpc) is 2.41. The van der Waals surface area contributed by atoms with E-state index in [1.807, 2.05) is 30.3 Å². The van der Waals surface area contributed by atoms with Crippen molar-refractivity contribution in [2.75, 3.05) is 11.9 Å². The molecule has 2 aromatic carbocycles. The molecule has 2 rings (SSSR count). The van der Waals surface area contributed by atoms with Gasteiger partial charge in [-0.15, -0.1) is 0 Å². The lowest BCUT2D eigenvalue weighted by molar-refractivity contribution is -0.384. The lowest BCUT2D eigenvalue weighted by atomic mass is 10.1. The Hall–Kier alpha value is -2.07. The first-order valence-corrected chi connectivity index (χ1v) is 6.26. The standard InChI is InChI=1S/C14H13ClN2O2/c15-13-7-6-12(10-14(13)17(18)19)16-9-8-11-4-2-1-3-5-11/h1-7,10,16H,8-9H2. The molecular weight excluding hydrogens is 264 g/mol. The summed E-state index contributed by atoms with van der Waals surface area (Å²) in [6.07, 6.45) is 0.858. The minimum Gasteiger partial charge on any atom is -0.385 e. The number of nitrogens with zero attached hydrogens (tertiary/aromatic N) is 1. The average molecular weight is 277 g/mol. The van der Waals surface area contributed by atoms with E-state index in [1.165, 1.54) is 17.7 Å². The fourth-order valence-corrected chi connectivity index (χ4v) is 1.94. The van der Waals surface area contributed by atoms with Gasteiger partial charge in [-0.05, 0) is 24.1 Å². The summed E-state index contributed by atoms with van der Waals surface area (Å²) in [6, 6.07) is 14.8. The van der Waals surface area contributed by atoms with Crippen molar-refractivity contribution in [1.82, 2.24) is 0 Å². The zero-order valence-electron chi connectivity index (χ0n) is 10.2. The van der Waals surface area contributed by atoms with Gasteiger partial charge >= 0.3 is 0 Å². The molecule has 5 heteroatoms. The molecule has 0 radical (unpaired) electrons. The maximum absolute atomic E-state index is 10.8. The molecule has 0 unspecified atom stereocenters. The monoisotopic (exact) mass is 276 g/mol. The molecule has 0 aromatic heterocycles. The van der Waals surface area contributed by atoms with Crippen LogP contribution in [0.3, 0.4) is 0 Å². The van der Waals surface area contributed by atoms with Gasteiger partial charge in [0.05, 0.1) is 4.92 Å². The molecule has 0 aliphatic carbocycles. The highest BCUT2D eigenvalue weighted by Crippen LogP contribution is 2.27. The van der Waals surface area contributed by atoms with Gasteiger partial charge in [0, 0.05) is 18.3 Å². The summed E-state index contributed by atoms with van der Waals surface area (Å²) in [7, 11) is 0. The van der Waals surface area contributed by atoms with Gasteiger partial charge in [0.15, 0.2) is 0 Å². The van der Waals surface area contributed by atoms with Crippen LogP contribution in [-0.2, 0) is 6.42 Å². The van der Waals surface area contributed by atoms with Crippen molar-refractivity contribution in [2.45, 2.75) is 6.42 Å². The molecular formula is C14H13ClN2O2. The summed E-state index contributed by atoms with van der Waals surface area (Å²) in [5, 5.41) is 14.1. The molecule has 19 heavy (non-hydrogen) atoms. The van der Waals surface area contributed by atoms with Gasteiger partial charge in [0.25, 0.3) is 5.69 Å². The van der Waals surface area contributed by atoms with E-state index in [0.717, 1.165) is 6.42 Å². The molecule has 0 saturated heterocycles. The highest BCUT2D eigenvalue weighted by atomic mass is 35.5. The van der Waals surface area contributed by atoms with E-state index in [-0.39, 0.29) is 10.7 Å². The van der Waals surface area contributed by atoms with Crippen molar-refractivity contribution in [3.63, 3.8) is 0 Å². The van der Waals surface area contributed by atoms with Crippen LogP contribution >= 0.6 is 11.6 Å². The van der Waals surface area contributed by atoms with Crippen LogP contribution in [0.2, 0.25) is 5.02 Å². The fourth-order valence-electron chi connectivity index (χ4n) is 1.76. The number of benzene rings is 2. The van der Waals surface area contributed by atoms with Crippen molar-refractivity contribution in [3.8, 4) is 0 Å². The summed E-state index contributed by atoms with van der Waals surface area (Å²) >= 11 is 5.75. The zero-order chi connectivity index (χ0) is 13.7. The van der Waals surface area contributed by atoms with Crippen LogP contribution in [0, 0.1) is 10.1 Å². The normalized spacial score (nSPS) is 10.2. The molecule has 4 nitrogen and oxygen atoms in total. The van der Waals surface area contributed by atoms with E-state index in [9.17, 15) is 10.1 Å². The van der Waals surface area contributed by atoms with Gasteiger partial charge in [-0.1, -0.05) is 41.9 Å². The number of rotatable bonds is 5. The van der Waals surface area contributed by atoms with Gasteiger partial charge in [-0.2, -0.15) is 0 Å². The molecule has 0 spiro atoms.